The van der Waals surface area contributed by atoms with Crippen LogP contribution in [-0.2, 0) is 15.8 Å². The van der Waals surface area contributed by atoms with Crippen LogP contribution in [0, 0.1) is 0 Å². The van der Waals surface area contributed by atoms with Gasteiger partial charge in [0, 0.05) is 36.8 Å². The molecule has 1 aliphatic heterocycles. The molecule has 4 rings (SSSR count). The molecule has 0 aliphatic carbocycles. The molecule has 150 valence electrons. The number of alkyl halides is 3. The lowest BCUT2D eigenvalue weighted by Crippen LogP contribution is -2.44. The van der Waals surface area contributed by atoms with Crippen LogP contribution in [0.3, 0.4) is 0 Å². The van der Waals surface area contributed by atoms with Crippen LogP contribution in [0.4, 0.5) is 19.0 Å². The summed E-state index contributed by atoms with van der Waals surface area (Å²) in [7, 11) is 1.36. The molecule has 6 nitrogen and oxygen atoms in total. The average molecular weight is 423 g/mol. The van der Waals surface area contributed by atoms with Gasteiger partial charge in [0.15, 0.2) is 5.82 Å². The maximum Gasteiger partial charge on any atom is 0.417 e. The third kappa shape index (κ3) is 3.21. The second-order valence-corrected chi connectivity index (χ2v) is 7.05. The van der Waals surface area contributed by atoms with E-state index in [4.69, 9.17) is 11.6 Å². The van der Waals surface area contributed by atoms with E-state index < -0.39 is 29.5 Å². The van der Waals surface area contributed by atoms with Gasteiger partial charge < -0.3 is 4.98 Å². The summed E-state index contributed by atoms with van der Waals surface area (Å²) < 4.78 is 38.5. The van der Waals surface area contributed by atoms with Crippen LogP contribution in [0.15, 0.2) is 42.7 Å². The van der Waals surface area contributed by atoms with E-state index in [0.717, 1.165) is 20.9 Å². The number of aromatic amines is 1. The molecule has 1 saturated heterocycles. The molecule has 1 aliphatic rings. The van der Waals surface area contributed by atoms with Crippen LogP contribution in [0.1, 0.15) is 23.5 Å². The summed E-state index contributed by atoms with van der Waals surface area (Å²) in [4.78, 5) is 32.4. The Hall–Kier alpha value is -3.07. The van der Waals surface area contributed by atoms with E-state index in [2.05, 4.69) is 9.97 Å². The van der Waals surface area contributed by atoms with Gasteiger partial charge in [-0.25, -0.2) is 4.98 Å². The number of H-pyrrole nitrogens is 1. The Labute approximate surface area is 167 Å². The number of hydrazine groups is 1. The van der Waals surface area contributed by atoms with E-state index in [1.807, 2.05) is 24.3 Å². The first-order valence-electron chi connectivity index (χ1n) is 8.57. The Balaban J connectivity index is 1.66. The fourth-order valence-corrected chi connectivity index (χ4v) is 3.77. The summed E-state index contributed by atoms with van der Waals surface area (Å²) in [6.45, 7) is 0. The number of nitrogens with zero attached hydrogens (tertiary/aromatic N) is 3. The first kappa shape index (κ1) is 19.3. The fourth-order valence-electron chi connectivity index (χ4n) is 3.48. The quantitative estimate of drug-likeness (QED) is 0.644. The van der Waals surface area contributed by atoms with Crippen molar-refractivity contribution in [1.29, 1.82) is 0 Å². The first-order valence-corrected chi connectivity index (χ1v) is 8.95. The summed E-state index contributed by atoms with van der Waals surface area (Å²) >= 11 is 5.96. The van der Waals surface area contributed by atoms with Crippen LogP contribution >= 0.6 is 11.6 Å². The van der Waals surface area contributed by atoms with Gasteiger partial charge in [0.1, 0.15) is 0 Å². The molecule has 0 unspecified atom stereocenters. The lowest BCUT2D eigenvalue weighted by Gasteiger charge is -2.28. The number of nitrogens with one attached hydrogen (secondary N) is 1. The second-order valence-electron chi connectivity index (χ2n) is 6.64. The summed E-state index contributed by atoms with van der Waals surface area (Å²) in [5.74, 6) is -1.83. The van der Waals surface area contributed by atoms with Crippen LogP contribution in [0.5, 0.6) is 0 Å². The average Bonchev–Trinajstić information content (AvgIpc) is 3.21. The molecule has 0 bridgehead atoms. The highest BCUT2D eigenvalue weighted by Crippen LogP contribution is 2.37. The molecule has 0 saturated carbocycles. The van der Waals surface area contributed by atoms with Crippen molar-refractivity contribution < 1.29 is 22.8 Å². The maximum atomic E-state index is 13.0. The van der Waals surface area contributed by atoms with E-state index in [9.17, 15) is 22.8 Å². The van der Waals surface area contributed by atoms with Gasteiger partial charge in [0.25, 0.3) is 5.91 Å². The normalized spacial score (nSPS) is 17.4. The number of hydrogen-bond acceptors (Lipinski definition) is 4. The van der Waals surface area contributed by atoms with Crippen molar-refractivity contribution in [3.63, 3.8) is 0 Å². The molecular formula is C19H14ClF3N4O2. The summed E-state index contributed by atoms with van der Waals surface area (Å²) in [5.41, 5.74) is 0.499. The topological polar surface area (TPSA) is 69.3 Å². The Morgan fingerprint density at radius 3 is 2.69 bits per heavy atom. The summed E-state index contributed by atoms with van der Waals surface area (Å²) in [5, 5.41) is 2.46. The summed E-state index contributed by atoms with van der Waals surface area (Å²) in [6, 6.07) is 8.09. The van der Waals surface area contributed by atoms with Crippen LogP contribution in [-0.4, -0.2) is 33.8 Å². The molecule has 3 heterocycles. The molecule has 1 aromatic carbocycles. The number of para-hydroxylation sites is 1. The van der Waals surface area contributed by atoms with Gasteiger partial charge in [-0.2, -0.15) is 18.2 Å². The van der Waals surface area contributed by atoms with Crippen molar-refractivity contribution in [2.24, 2.45) is 0 Å². The molecule has 1 N–H and O–H groups in total. The molecule has 10 heteroatoms. The highest BCUT2D eigenvalue weighted by molar-refractivity contribution is 6.33. The van der Waals surface area contributed by atoms with Crippen LogP contribution < -0.4 is 5.01 Å². The van der Waals surface area contributed by atoms with Crippen molar-refractivity contribution >= 4 is 40.1 Å². The van der Waals surface area contributed by atoms with Crippen LogP contribution in [0.25, 0.3) is 10.9 Å². The maximum absolute atomic E-state index is 13.0. The highest BCUT2D eigenvalue weighted by Gasteiger charge is 2.43. The molecule has 1 atom stereocenters. The van der Waals surface area contributed by atoms with Gasteiger partial charge in [-0.15, -0.1) is 0 Å². The van der Waals surface area contributed by atoms with E-state index in [0.29, 0.717) is 17.8 Å². The summed E-state index contributed by atoms with van der Waals surface area (Å²) in [6.07, 6.45) is -2.37. The van der Waals surface area contributed by atoms with Gasteiger partial charge in [-0.3, -0.25) is 14.6 Å². The molecule has 29 heavy (non-hydrogen) atoms. The molecule has 3 aromatic rings. The third-order valence-corrected chi connectivity index (χ3v) is 5.15. The zero-order chi connectivity index (χ0) is 20.9. The molecule has 1 fully saturated rings. The Morgan fingerprint density at radius 2 is 2.00 bits per heavy atom. The van der Waals surface area contributed by atoms with Crippen LogP contribution in [0.2, 0.25) is 5.02 Å². The molecule has 2 aromatic heterocycles. The number of pyridine rings is 1. The number of fused-ring (bicyclic) bond motifs is 1. The number of carbonyl (C=O) groups excluding carboxylic acids is 2. The Morgan fingerprint density at radius 1 is 1.28 bits per heavy atom. The fraction of sp³-hybridized carbons (Fsp3) is 0.211. The molecule has 0 radical (unpaired) electrons. The minimum Gasteiger partial charge on any atom is -0.361 e. The minimum absolute atomic E-state index is 0.0662. The Kier molecular flexibility index (Phi) is 4.49. The SMILES string of the molecule is CN(c1ncc(C(F)(F)F)cc1Cl)N1C(=O)C[C@H](c2c[nH]c3ccccc23)C1=O. The van der Waals surface area contributed by atoms with E-state index in [1.54, 1.807) is 6.20 Å². The molecule has 0 spiro atoms. The second kappa shape index (κ2) is 6.77. The van der Waals surface area contributed by atoms with Crippen molar-refractivity contribution in [3.05, 3.63) is 58.9 Å². The zero-order valence-corrected chi connectivity index (χ0v) is 15.8. The lowest BCUT2D eigenvalue weighted by atomic mass is 9.97. The number of imide groups is 1. The highest BCUT2D eigenvalue weighted by atomic mass is 35.5. The van der Waals surface area contributed by atoms with Gasteiger partial charge in [0.2, 0.25) is 5.91 Å². The van der Waals surface area contributed by atoms with Crippen molar-refractivity contribution in [3.8, 4) is 0 Å². The Bertz CT molecular complexity index is 1130. The third-order valence-electron chi connectivity index (χ3n) is 4.87. The first-order chi connectivity index (χ1) is 13.7. The zero-order valence-electron chi connectivity index (χ0n) is 15.0. The number of amides is 2. The molecular weight excluding hydrogens is 409 g/mol. The number of halogens is 4. The predicted octanol–water partition coefficient (Wildman–Crippen LogP) is 4.13. The molecule has 2 amide bonds. The minimum atomic E-state index is -4.60. The predicted molar refractivity (Wildman–Crippen MR) is 100 cm³/mol. The van der Waals surface area contributed by atoms with Crippen molar-refractivity contribution in [2.75, 3.05) is 12.1 Å². The van der Waals surface area contributed by atoms with E-state index >= 15 is 0 Å². The number of anilines is 1. The standard InChI is InChI=1S/C19H14ClF3N4O2/c1-26(17-14(20)6-10(8-25-17)19(21,22)23)27-16(28)7-12(18(27)29)13-9-24-15-5-3-2-4-11(13)15/h2-6,8-9,12,24H,7H2,1H3/t12-/m1/s1. The lowest BCUT2D eigenvalue weighted by molar-refractivity contribution is -0.140. The number of carbonyl (C=O) groups is 2. The monoisotopic (exact) mass is 422 g/mol. The van der Waals surface area contributed by atoms with Gasteiger partial charge in [-0.1, -0.05) is 29.8 Å². The van der Waals surface area contributed by atoms with Crippen molar-refractivity contribution in [2.45, 2.75) is 18.5 Å². The number of hydrogen-bond donors (Lipinski definition) is 1. The largest absolute Gasteiger partial charge is 0.417 e. The number of benzene rings is 1. The number of aromatic nitrogens is 2. The van der Waals surface area contributed by atoms with Gasteiger partial charge in [0.05, 0.1) is 16.5 Å². The van der Waals surface area contributed by atoms with Crippen molar-refractivity contribution in [1.82, 2.24) is 15.0 Å². The van der Waals surface area contributed by atoms with Gasteiger partial charge in [-0.05, 0) is 17.7 Å². The van der Waals surface area contributed by atoms with E-state index in [-0.39, 0.29) is 17.3 Å². The number of rotatable bonds is 3. The smallest absolute Gasteiger partial charge is 0.361 e. The van der Waals surface area contributed by atoms with E-state index in [1.165, 1.54) is 7.05 Å². The van der Waals surface area contributed by atoms with Gasteiger partial charge >= 0.3 is 6.18 Å².